The number of nitrogens with one attached hydrogen (secondary N) is 2. The van der Waals surface area contributed by atoms with E-state index in [-0.39, 0.29) is 12.5 Å². The van der Waals surface area contributed by atoms with Crippen LogP contribution in [0.15, 0.2) is 12.1 Å². The zero-order valence-corrected chi connectivity index (χ0v) is 11.4. The summed E-state index contributed by atoms with van der Waals surface area (Å²) in [5.74, 6) is 2.88. The smallest absolute Gasteiger partial charge is 0.262 e. The zero-order chi connectivity index (χ0) is 13.2. The molecule has 0 radical (unpaired) electrons. The number of benzene rings is 1. The van der Waals surface area contributed by atoms with Crippen molar-refractivity contribution in [3.63, 3.8) is 0 Å². The predicted octanol–water partition coefficient (Wildman–Crippen LogP) is 1.91. The molecule has 0 unspecified atom stereocenters. The fraction of sp³-hybridized carbons (Fsp3) is 0.462. The molecule has 2 aliphatic heterocycles. The van der Waals surface area contributed by atoms with Crippen molar-refractivity contribution in [3.8, 4) is 5.75 Å². The van der Waals surface area contributed by atoms with E-state index >= 15 is 0 Å². The van der Waals surface area contributed by atoms with Gasteiger partial charge in [-0.05, 0) is 30.4 Å². The maximum Gasteiger partial charge on any atom is 0.262 e. The lowest BCUT2D eigenvalue weighted by molar-refractivity contribution is -0.118. The average Bonchev–Trinajstić information content (AvgIpc) is 2.41. The molecule has 0 aliphatic carbocycles. The third kappa shape index (κ3) is 2.73. The SMILES string of the molecule is Nc1cc2c(cc1NC1CCSCC1)NC(=O)CO2. The van der Waals surface area contributed by atoms with Gasteiger partial charge in [0.1, 0.15) is 5.75 Å². The van der Waals surface area contributed by atoms with Gasteiger partial charge in [0.2, 0.25) is 0 Å². The second-order valence-corrected chi connectivity index (χ2v) is 6.03. The highest BCUT2D eigenvalue weighted by molar-refractivity contribution is 7.99. The Morgan fingerprint density at radius 1 is 1.37 bits per heavy atom. The molecule has 0 bridgehead atoms. The molecule has 102 valence electrons. The van der Waals surface area contributed by atoms with Crippen LogP contribution in [0.4, 0.5) is 17.1 Å². The molecule has 0 atom stereocenters. The van der Waals surface area contributed by atoms with Crippen LogP contribution in [-0.2, 0) is 4.79 Å². The van der Waals surface area contributed by atoms with E-state index in [0.29, 0.717) is 23.2 Å². The van der Waals surface area contributed by atoms with E-state index in [1.807, 2.05) is 17.8 Å². The minimum Gasteiger partial charge on any atom is -0.482 e. The maximum atomic E-state index is 11.3. The molecule has 1 fully saturated rings. The fourth-order valence-electron chi connectivity index (χ4n) is 2.33. The topological polar surface area (TPSA) is 76.4 Å². The number of fused-ring (bicyclic) bond motifs is 1. The van der Waals surface area contributed by atoms with Gasteiger partial charge in [-0.15, -0.1) is 0 Å². The van der Waals surface area contributed by atoms with Crippen LogP contribution < -0.4 is 21.1 Å². The predicted molar refractivity (Wildman–Crippen MR) is 78.9 cm³/mol. The molecule has 2 heterocycles. The Bertz CT molecular complexity index is 501. The van der Waals surface area contributed by atoms with Crippen molar-refractivity contribution >= 4 is 34.7 Å². The van der Waals surface area contributed by atoms with Crippen molar-refractivity contribution in [1.82, 2.24) is 0 Å². The lowest BCUT2D eigenvalue weighted by atomic mass is 10.1. The first kappa shape index (κ1) is 12.5. The van der Waals surface area contributed by atoms with Crippen LogP contribution in [0, 0.1) is 0 Å². The van der Waals surface area contributed by atoms with Crippen LogP contribution in [0.3, 0.4) is 0 Å². The van der Waals surface area contributed by atoms with Gasteiger partial charge in [0, 0.05) is 12.1 Å². The number of nitrogen functional groups attached to an aromatic ring is 1. The summed E-state index contributed by atoms with van der Waals surface area (Å²) in [7, 11) is 0. The molecule has 0 spiro atoms. The van der Waals surface area contributed by atoms with Crippen LogP contribution >= 0.6 is 11.8 Å². The molecule has 2 aliphatic rings. The van der Waals surface area contributed by atoms with Crippen molar-refractivity contribution in [2.45, 2.75) is 18.9 Å². The fourth-order valence-corrected chi connectivity index (χ4v) is 3.44. The highest BCUT2D eigenvalue weighted by atomic mass is 32.2. The molecule has 6 heteroatoms. The highest BCUT2D eigenvalue weighted by Gasteiger charge is 2.20. The maximum absolute atomic E-state index is 11.3. The van der Waals surface area contributed by atoms with E-state index in [9.17, 15) is 4.79 Å². The van der Waals surface area contributed by atoms with Crippen molar-refractivity contribution in [1.29, 1.82) is 0 Å². The first-order chi connectivity index (χ1) is 9.22. The van der Waals surface area contributed by atoms with Crippen LogP contribution in [-0.4, -0.2) is 30.1 Å². The monoisotopic (exact) mass is 279 g/mol. The van der Waals surface area contributed by atoms with E-state index in [2.05, 4.69) is 10.6 Å². The standard InChI is InChI=1S/C13H17N3O2S/c14-9-5-12-11(16-13(17)7-18-12)6-10(9)15-8-1-3-19-4-2-8/h5-6,8,15H,1-4,7,14H2,(H,16,17). The first-order valence-corrected chi connectivity index (χ1v) is 7.58. The summed E-state index contributed by atoms with van der Waals surface area (Å²) in [6, 6.07) is 4.10. The third-order valence-electron chi connectivity index (χ3n) is 3.37. The zero-order valence-electron chi connectivity index (χ0n) is 10.6. The third-order valence-corrected chi connectivity index (χ3v) is 4.41. The van der Waals surface area contributed by atoms with Crippen molar-refractivity contribution in [2.75, 3.05) is 34.5 Å². The Labute approximate surface area is 116 Å². The van der Waals surface area contributed by atoms with Crippen molar-refractivity contribution < 1.29 is 9.53 Å². The van der Waals surface area contributed by atoms with E-state index in [1.54, 1.807) is 6.07 Å². The van der Waals surface area contributed by atoms with Gasteiger partial charge in [0.25, 0.3) is 5.91 Å². The van der Waals surface area contributed by atoms with Gasteiger partial charge in [0.15, 0.2) is 6.61 Å². The number of amides is 1. The van der Waals surface area contributed by atoms with Crippen LogP contribution in [0.2, 0.25) is 0 Å². The number of ether oxygens (including phenoxy) is 1. The van der Waals surface area contributed by atoms with E-state index in [4.69, 9.17) is 10.5 Å². The first-order valence-electron chi connectivity index (χ1n) is 6.43. The van der Waals surface area contributed by atoms with Crippen LogP contribution in [0.25, 0.3) is 0 Å². The van der Waals surface area contributed by atoms with Gasteiger partial charge >= 0.3 is 0 Å². The molecule has 4 N–H and O–H groups in total. The Balaban J connectivity index is 1.80. The quantitative estimate of drug-likeness (QED) is 0.721. The van der Waals surface area contributed by atoms with Crippen molar-refractivity contribution in [3.05, 3.63) is 12.1 Å². The van der Waals surface area contributed by atoms with E-state index in [1.165, 1.54) is 11.5 Å². The van der Waals surface area contributed by atoms with Gasteiger partial charge in [0.05, 0.1) is 17.1 Å². The number of rotatable bonds is 2. The minimum atomic E-state index is -0.128. The Morgan fingerprint density at radius 3 is 2.95 bits per heavy atom. The van der Waals surface area contributed by atoms with Crippen molar-refractivity contribution in [2.24, 2.45) is 0 Å². The van der Waals surface area contributed by atoms with Crippen LogP contribution in [0.5, 0.6) is 5.75 Å². The molecule has 1 aromatic rings. The summed E-state index contributed by atoms with van der Waals surface area (Å²) in [5, 5.41) is 6.27. The molecule has 19 heavy (non-hydrogen) atoms. The minimum absolute atomic E-state index is 0.0546. The van der Waals surface area contributed by atoms with Gasteiger partial charge in [-0.2, -0.15) is 11.8 Å². The highest BCUT2D eigenvalue weighted by Crippen LogP contribution is 2.36. The molecule has 1 saturated heterocycles. The summed E-state index contributed by atoms with van der Waals surface area (Å²) >= 11 is 1.99. The van der Waals surface area contributed by atoms with Gasteiger partial charge < -0.3 is 21.1 Å². The Morgan fingerprint density at radius 2 is 2.16 bits per heavy atom. The summed E-state index contributed by atoms with van der Waals surface area (Å²) in [4.78, 5) is 11.3. The number of hydrogen-bond acceptors (Lipinski definition) is 5. The van der Waals surface area contributed by atoms with Crippen LogP contribution in [0.1, 0.15) is 12.8 Å². The average molecular weight is 279 g/mol. The summed E-state index contributed by atoms with van der Waals surface area (Å²) < 4.78 is 5.34. The number of carbonyl (C=O) groups excluding carboxylic acids is 1. The summed E-state index contributed by atoms with van der Waals surface area (Å²) in [6.45, 7) is 0.0546. The molecule has 0 aromatic heterocycles. The normalized spacial score (nSPS) is 19.3. The lowest BCUT2D eigenvalue weighted by Gasteiger charge is -2.26. The van der Waals surface area contributed by atoms with Gasteiger partial charge in [-0.25, -0.2) is 0 Å². The molecule has 0 saturated carbocycles. The van der Waals surface area contributed by atoms with Gasteiger partial charge in [-0.3, -0.25) is 4.79 Å². The number of thioether (sulfide) groups is 1. The molecule has 5 nitrogen and oxygen atoms in total. The van der Waals surface area contributed by atoms with Gasteiger partial charge in [-0.1, -0.05) is 0 Å². The molecule has 1 aromatic carbocycles. The molecule has 1 amide bonds. The molecular weight excluding hydrogens is 262 g/mol. The Kier molecular flexibility index (Phi) is 3.42. The largest absolute Gasteiger partial charge is 0.482 e. The number of carbonyl (C=O) groups is 1. The second kappa shape index (κ2) is 5.21. The molecule has 3 rings (SSSR count). The summed E-state index contributed by atoms with van der Waals surface area (Å²) in [5.41, 5.74) is 8.27. The van der Waals surface area contributed by atoms with E-state index < -0.39 is 0 Å². The number of hydrogen-bond donors (Lipinski definition) is 3. The Hall–Kier alpha value is -1.56. The van der Waals surface area contributed by atoms with E-state index in [0.717, 1.165) is 18.5 Å². The second-order valence-electron chi connectivity index (χ2n) is 4.80. The number of anilines is 3. The number of nitrogens with two attached hydrogens (primary N) is 1. The lowest BCUT2D eigenvalue weighted by Crippen LogP contribution is -2.27. The summed E-state index contributed by atoms with van der Waals surface area (Å²) in [6.07, 6.45) is 2.29. The molecular formula is C13H17N3O2S.